The lowest BCUT2D eigenvalue weighted by Gasteiger charge is -2.44. The molecule has 7 heteroatoms. The van der Waals surface area contributed by atoms with E-state index in [2.05, 4.69) is 15.9 Å². The Hall–Kier alpha value is -1.86. The number of rotatable bonds is 2. The standard InChI is InChI=1S/C21H20BrFN2O2S/c22-18-4-2-1-3-17(18)20(27)24-11-9-21(10-12-24)25(13-14-28-21)19(26)15-5-7-16(23)8-6-15/h1-8H,9-14H2. The highest BCUT2D eigenvalue weighted by Crippen LogP contribution is 2.44. The number of hydrogen-bond donors (Lipinski definition) is 0. The zero-order valence-electron chi connectivity index (χ0n) is 15.2. The molecule has 0 radical (unpaired) electrons. The van der Waals surface area contributed by atoms with Crippen molar-refractivity contribution in [3.05, 3.63) is 69.9 Å². The molecule has 4 rings (SSSR count). The Kier molecular flexibility index (Phi) is 5.47. The van der Waals surface area contributed by atoms with Crippen LogP contribution in [0.15, 0.2) is 53.0 Å². The average molecular weight is 463 g/mol. The number of carbonyl (C=O) groups is 2. The summed E-state index contributed by atoms with van der Waals surface area (Å²) in [5.41, 5.74) is 1.17. The molecule has 146 valence electrons. The smallest absolute Gasteiger partial charge is 0.255 e. The van der Waals surface area contributed by atoms with Gasteiger partial charge in [-0.2, -0.15) is 0 Å². The summed E-state index contributed by atoms with van der Waals surface area (Å²) in [5.74, 6) is 0.490. The normalized spacial score (nSPS) is 18.5. The van der Waals surface area contributed by atoms with E-state index in [1.54, 1.807) is 23.9 Å². The Balaban J connectivity index is 1.48. The molecule has 0 saturated carbocycles. The number of thioether (sulfide) groups is 1. The van der Waals surface area contributed by atoms with Crippen LogP contribution in [0.2, 0.25) is 0 Å². The lowest BCUT2D eigenvalue weighted by Crippen LogP contribution is -2.53. The molecule has 2 saturated heterocycles. The molecular formula is C21H20BrFN2O2S. The fourth-order valence-electron chi connectivity index (χ4n) is 3.92. The number of benzene rings is 2. The van der Waals surface area contributed by atoms with Crippen LogP contribution in [-0.4, -0.2) is 51.9 Å². The Labute approximate surface area is 176 Å². The van der Waals surface area contributed by atoms with Crippen molar-refractivity contribution in [1.29, 1.82) is 0 Å². The summed E-state index contributed by atoms with van der Waals surface area (Å²) in [7, 11) is 0. The summed E-state index contributed by atoms with van der Waals surface area (Å²) in [6.45, 7) is 1.90. The van der Waals surface area contributed by atoms with Crippen LogP contribution in [0, 0.1) is 5.82 Å². The number of amides is 2. The van der Waals surface area contributed by atoms with Gasteiger partial charge in [0.2, 0.25) is 0 Å². The number of piperidine rings is 1. The molecule has 2 fully saturated rings. The van der Waals surface area contributed by atoms with Crippen LogP contribution in [-0.2, 0) is 0 Å². The highest BCUT2D eigenvalue weighted by atomic mass is 79.9. The van der Waals surface area contributed by atoms with Crippen molar-refractivity contribution in [3.8, 4) is 0 Å². The second kappa shape index (κ2) is 7.87. The number of halogens is 2. The molecule has 4 nitrogen and oxygen atoms in total. The Morgan fingerprint density at radius 3 is 2.32 bits per heavy atom. The Morgan fingerprint density at radius 1 is 0.964 bits per heavy atom. The SMILES string of the molecule is O=C(c1ccccc1Br)N1CCC2(CC1)SCCN2C(=O)c1ccc(F)cc1. The van der Waals surface area contributed by atoms with Gasteiger partial charge in [-0.1, -0.05) is 12.1 Å². The third-order valence-corrected chi connectivity index (χ3v) is 7.69. The Bertz CT molecular complexity index is 898. The van der Waals surface area contributed by atoms with Crippen LogP contribution in [0.1, 0.15) is 33.6 Å². The minimum atomic E-state index is -0.346. The van der Waals surface area contributed by atoms with E-state index in [1.807, 2.05) is 34.1 Å². The summed E-state index contributed by atoms with van der Waals surface area (Å²) in [4.78, 5) is 29.4. The molecular weight excluding hydrogens is 443 g/mol. The predicted molar refractivity (Wildman–Crippen MR) is 112 cm³/mol. The van der Waals surface area contributed by atoms with Gasteiger partial charge in [-0.15, -0.1) is 11.8 Å². The lowest BCUT2D eigenvalue weighted by atomic mass is 10.00. The minimum Gasteiger partial charge on any atom is -0.338 e. The van der Waals surface area contributed by atoms with Crippen LogP contribution in [0.5, 0.6) is 0 Å². The molecule has 2 aromatic carbocycles. The molecule has 2 heterocycles. The quantitative estimate of drug-likeness (QED) is 0.663. The largest absolute Gasteiger partial charge is 0.338 e. The number of carbonyl (C=O) groups excluding carboxylic acids is 2. The first kappa shape index (κ1) is 19.5. The van der Waals surface area contributed by atoms with Gasteiger partial charge < -0.3 is 9.80 Å². The van der Waals surface area contributed by atoms with Crippen LogP contribution in [0.3, 0.4) is 0 Å². The van der Waals surface area contributed by atoms with Crippen molar-refractivity contribution < 1.29 is 14.0 Å². The summed E-state index contributed by atoms with van der Waals surface area (Å²) >= 11 is 5.25. The van der Waals surface area contributed by atoms with E-state index in [9.17, 15) is 14.0 Å². The molecule has 0 unspecified atom stereocenters. The maximum Gasteiger partial charge on any atom is 0.255 e. The van der Waals surface area contributed by atoms with Crippen LogP contribution in [0.4, 0.5) is 4.39 Å². The average Bonchev–Trinajstić information content (AvgIpc) is 3.11. The zero-order valence-corrected chi connectivity index (χ0v) is 17.6. The lowest BCUT2D eigenvalue weighted by molar-refractivity contribution is 0.0497. The van der Waals surface area contributed by atoms with Crippen molar-refractivity contribution >= 4 is 39.5 Å². The van der Waals surface area contributed by atoms with E-state index in [-0.39, 0.29) is 22.5 Å². The molecule has 2 aromatic rings. The number of hydrogen-bond acceptors (Lipinski definition) is 3. The monoisotopic (exact) mass is 462 g/mol. The van der Waals surface area contributed by atoms with Crippen molar-refractivity contribution in [1.82, 2.24) is 9.80 Å². The predicted octanol–water partition coefficient (Wildman–Crippen LogP) is 4.41. The van der Waals surface area contributed by atoms with Gasteiger partial charge in [0.05, 0.1) is 10.4 Å². The number of nitrogens with zero attached hydrogens (tertiary/aromatic N) is 2. The molecule has 0 aliphatic carbocycles. The molecule has 0 aromatic heterocycles. The van der Waals surface area contributed by atoms with Crippen molar-refractivity contribution in [3.63, 3.8) is 0 Å². The van der Waals surface area contributed by atoms with E-state index < -0.39 is 0 Å². The maximum absolute atomic E-state index is 13.2. The topological polar surface area (TPSA) is 40.6 Å². The van der Waals surface area contributed by atoms with Gasteiger partial charge in [-0.3, -0.25) is 9.59 Å². The van der Waals surface area contributed by atoms with Crippen molar-refractivity contribution in [2.75, 3.05) is 25.4 Å². The van der Waals surface area contributed by atoms with Gasteiger partial charge in [0, 0.05) is 35.4 Å². The van der Waals surface area contributed by atoms with E-state index >= 15 is 0 Å². The minimum absolute atomic E-state index is 0.0155. The summed E-state index contributed by atoms with van der Waals surface area (Å²) in [5, 5.41) is 0. The van der Waals surface area contributed by atoms with Crippen LogP contribution in [0.25, 0.3) is 0 Å². The maximum atomic E-state index is 13.2. The summed E-state index contributed by atoms with van der Waals surface area (Å²) < 4.78 is 14.0. The fraction of sp³-hybridized carbons (Fsp3) is 0.333. The van der Waals surface area contributed by atoms with E-state index in [4.69, 9.17) is 0 Å². The molecule has 0 N–H and O–H groups in total. The highest BCUT2D eigenvalue weighted by Gasteiger charge is 2.47. The molecule has 1 spiro atoms. The van der Waals surface area contributed by atoms with Crippen molar-refractivity contribution in [2.24, 2.45) is 0 Å². The second-order valence-electron chi connectivity index (χ2n) is 7.03. The van der Waals surface area contributed by atoms with Crippen molar-refractivity contribution in [2.45, 2.75) is 17.7 Å². The Morgan fingerprint density at radius 2 is 1.64 bits per heavy atom. The molecule has 2 amide bonds. The molecule has 2 aliphatic heterocycles. The molecule has 0 atom stereocenters. The van der Waals surface area contributed by atoms with Crippen LogP contribution < -0.4 is 0 Å². The van der Waals surface area contributed by atoms with Gasteiger partial charge >= 0.3 is 0 Å². The van der Waals surface area contributed by atoms with Gasteiger partial charge in [-0.05, 0) is 65.2 Å². The van der Waals surface area contributed by atoms with Gasteiger partial charge in [-0.25, -0.2) is 4.39 Å². The van der Waals surface area contributed by atoms with E-state index in [0.29, 0.717) is 30.8 Å². The second-order valence-corrected chi connectivity index (χ2v) is 9.34. The van der Waals surface area contributed by atoms with E-state index in [1.165, 1.54) is 12.1 Å². The van der Waals surface area contributed by atoms with Gasteiger partial charge in [0.15, 0.2) is 0 Å². The summed E-state index contributed by atoms with van der Waals surface area (Å²) in [6.07, 6.45) is 1.47. The number of likely N-dealkylation sites (tertiary alicyclic amines) is 1. The third-order valence-electron chi connectivity index (χ3n) is 5.45. The van der Waals surface area contributed by atoms with Gasteiger partial charge in [0.25, 0.3) is 11.8 Å². The molecule has 0 bridgehead atoms. The first-order valence-electron chi connectivity index (χ1n) is 9.25. The zero-order chi connectivity index (χ0) is 19.7. The summed E-state index contributed by atoms with van der Waals surface area (Å²) in [6, 6.07) is 13.2. The first-order valence-corrected chi connectivity index (χ1v) is 11.0. The third kappa shape index (κ3) is 3.57. The first-order chi connectivity index (χ1) is 13.5. The van der Waals surface area contributed by atoms with Gasteiger partial charge in [0.1, 0.15) is 5.82 Å². The van der Waals surface area contributed by atoms with Crippen LogP contribution >= 0.6 is 27.7 Å². The fourth-order valence-corrected chi connectivity index (χ4v) is 5.83. The molecule has 28 heavy (non-hydrogen) atoms. The highest BCUT2D eigenvalue weighted by molar-refractivity contribution is 9.10. The van der Waals surface area contributed by atoms with E-state index in [0.717, 1.165) is 23.1 Å². The molecule has 2 aliphatic rings.